The molecule has 3 aromatic rings. The summed E-state index contributed by atoms with van der Waals surface area (Å²) in [6, 6.07) is 7.22. The van der Waals surface area contributed by atoms with Crippen LogP contribution in [0.1, 0.15) is 18.3 Å². The Morgan fingerprint density at radius 2 is 1.80 bits per heavy atom. The third kappa shape index (κ3) is 3.83. The first-order valence-electron chi connectivity index (χ1n) is 7.27. The van der Waals surface area contributed by atoms with Gasteiger partial charge in [-0.05, 0) is 45.4 Å². The minimum atomic E-state index is -0.348. The second-order valence-corrected chi connectivity index (χ2v) is 5.17. The lowest BCUT2D eigenvalue weighted by molar-refractivity contribution is -0.116. The van der Waals surface area contributed by atoms with Gasteiger partial charge >= 0.3 is 0 Å². The largest absolute Gasteiger partial charge is 0.305 e. The number of carbonyl (C=O) groups is 2. The molecule has 3 rings (SSSR count). The number of carbonyl (C=O) groups excluding carboxylic acids is 2. The van der Waals surface area contributed by atoms with Gasteiger partial charge in [-0.3, -0.25) is 9.59 Å². The Hall–Kier alpha value is -3.63. The van der Waals surface area contributed by atoms with Crippen LogP contribution in [0.25, 0.3) is 5.69 Å². The lowest BCUT2D eigenvalue weighted by Crippen LogP contribution is -2.17. The second-order valence-electron chi connectivity index (χ2n) is 5.17. The minimum Gasteiger partial charge on any atom is -0.305 e. The average Bonchev–Trinajstić information content (AvgIpc) is 3.17. The molecule has 0 saturated carbocycles. The number of tetrazole rings is 1. The summed E-state index contributed by atoms with van der Waals surface area (Å²) in [6.45, 7) is 3.11. The third-order valence-corrected chi connectivity index (χ3v) is 3.21. The van der Waals surface area contributed by atoms with Gasteiger partial charge in [0, 0.05) is 6.92 Å². The molecule has 0 aliphatic heterocycles. The number of rotatable bonds is 5. The van der Waals surface area contributed by atoms with E-state index in [4.69, 9.17) is 0 Å². The van der Waals surface area contributed by atoms with Crippen LogP contribution in [-0.2, 0) is 16.0 Å². The zero-order valence-corrected chi connectivity index (χ0v) is 13.4. The third-order valence-electron chi connectivity index (χ3n) is 3.21. The highest BCUT2D eigenvalue weighted by Gasteiger charge is 2.14. The maximum absolute atomic E-state index is 12.1. The molecule has 0 radical (unpaired) electrons. The van der Waals surface area contributed by atoms with Crippen LogP contribution in [0.5, 0.6) is 0 Å². The van der Waals surface area contributed by atoms with Gasteiger partial charge < -0.3 is 10.6 Å². The van der Waals surface area contributed by atoms with E-state index in [-0.39, 0.29) is 29.9 Å². The molecule has 1 aromatic carbocycles. The number of aromatic nitrogens is 6. The van der Waals surface area contributed by atoms with E-state index in [2.05, 4.69) is 41.1 Å². The van der Waals surface area contributed by atoms with E-state index in [1.54, 1.807) is 23.7 Å². The molecule has 25 heavy (non-hydrogen) atoms. The van der Waals surface area contributed by atoms with E-state index >= 15 is 0 Å². The quantitative estimate of drug-likeness (QED) is 0.682. The fourth-order valence-electron chi connectivity index (χ4n) is 2.11. The molecule has 0 saturated heterocycles. The number of anilines is 2. The molecule has 0 unspecified atom stereocenters. The number of hydrogen-bond donors (Lipinski definition) is 2. The van der Waals surface area contributed by atoms with Crippen molar-refractivity contribution in [2.75, 3.05) is 10.6 Å². The summed E-state index contributed by atoms with van der Waals surface area (Å²) in [4.78, 5) is 23.2. The Labute approximate surface area is 141 Å². The highest BCUT2D eigenvalue weighted by atomic mass is 16.6. The van der Waals surface area contributed by atoms with E-state index in [1.165, 1.54) is 6.92 Å². The van der Waals surface area contributed by atoms with Crippen LogP contribution >= 0.6 is 0 Å². The Bertz CT molecular complexity index is 899. The molecular weight excluding hydrogens is 328 g/mol. The molecular formula is C14H14N8O3. The van der Waals surface area contributed by atoms with Crippen molar-refractivity contribution in [1.29, 1.82) is 0 Å². The summed E-state index contributed by atoms with van der Waals surface area (Å²) in [6.07, 6.45) is 0.112. The molecule has 2 N–H and O–H groups in total. The maximum atomic E-state index is 12.1. The smallest absolute Gasteiger partial charge is 0.230 e. The van der Waals surface area contributed by atoms with Crippen LogP contribution in [-0.4, -0.2) is 42.3 Å². The first kappa shape index (κ1) is 16.2. The summed E-state index contributed by atoms with van der Waals surface area (Å²) in [5.41, 5.74) is 1.57. The summed E-state index contributed by atoms with van der Waals surface area (Å²) >= 11 is 0. The highest BCUT2D eigenvalue weighted by Crippen LogP contribution is 2.16. The molecule has 0 fully saturated rings. The van der Waals surface area contributed by atoms with Gasteiger partial charge in [0.15, 0.2) is 5.82 Å². The van der Waals surface area contributed by atoms with Crippen molar-refractivity contribution in [3.8, 4) is 5.69 Å². The molecule has 0 atom stereocenters. The predicted octanol–water partition coefficient (Wildman–Crippen LogP) is 0.493. The van der Waals surface area contributed by atoms with E-state index < -0.39 is 0 Å². The monoisotopic (exact) mass is 342 g/mol. The predicted molar refractivity (Wildman–Crippen MR) is 84.8 cm³/mol. The number of amides is 2. The van der Waals surface area contributed by atoms with E-state index in [1.807, 2.05) is 12.1 Å². The first-order chi connectivity index (χ1) is 12.0. The fourth-order valence-corrected chi connectivity index (χ4v) is 2.11. The Kier molecular flexibility index (Phi) is 4.46. The standard InChI is InChI=1S/C14H14N8O3/c1-8-17-20-21-22(8)11-5-3-10(4-6-11)7-12(24)16-14-13(15-9(2)23)18-25-19-14/h3-6H,7H2,1-2H3,(H,15,18,23)(H,16,19,24). The lowest BCUT2D eigenvalue weighted by Gasteiger charge is -2.05. The summed E-state index contributed by atoms with van der Waals surface area (Å²) in [7, 11) is 0. The van der Waals surface area contributed by atoms with Crippen molar-refractivity contribution in [3.05, 3.63) is 35.7 Å². The molecule has 0 bridgehead atoms. The van der Waals surface area contributed by atoms with Crippen molar-refractivity contribution in [2.24, 2.45) is 0 Å². The molecule has 0 aliphatic carbocycles. The Morgan fingerprint density at radius 3 is 2.40 bits per heavy atom. The first-order valence-corrected chi connectivity index (χ1v) is 7.27. The summed E-state index contributed by atoms with van der Waals surface area (Å²) in [5, 5.41) is 23.3. The van der Waals surface area contributed by atoms with Gasteiger partial charge in [-0.1, -0.05) is 12.1 Å². The SMILES string of the molecule is CC(=O)Nc1nonc1NC(=O)Cc1ccc(-n2nnnc2C)cc1. The Morgan fingerprint density at radius 1 is 1.12 bits per heavy atom. The molecule has 11 heteroatoms. The van der Waals surface area contributed by atoms with Crippen LogP contribution in [0, 0.1) is 6.92 Å². The molecule has 0 spiro atoms. The van der Waals surface area contributed by atoms with Gasteiger partial charge in [-0.15, -0.1) is 5.10 Å². The van der Waals surface area contributed by atoms with Gasteiger partial charge in [0.25, 0.3) is 0 Å². The second kappa shape index (κ2) is 6.86. The van der Waals surface area contributed by atoms with E-state index in [0.29, 0.717) is 5.82 Å². The van der Waals surface area contributed by atoms with E-state index in [0.717, 1.165) is 11.3 Å². The molecule has 2 amide bonds. The van der Waals surface area contributed by atoms with Crippen LogP contribution < -0.4 is 10.6 Å². The van der Waals surface area contributed by atoms with Crippen molar-refractivity contribution in [2.45, 2.75) is 20.3 Å². The fraction of sp³-hybridized carbons (Fsp3) is 0.214. The van der Waals surface area contributed by atoms with Crippen LogP contribution in [0.2, 0.25) is 0 Å². The number of nitrogens with one attached hydrogen (secondary N) is 2. The van der Waals surface area contributed by atoms with Crippen LogP contribution in [0.3, 0.4) is 0 Å². The minimum absolute atomic E-state index is 0.0566. The highest BCUT2D eigenvalue weighted by molar-refractivity contribution is 5.97. The van der Waals surface area contributed by atoms with Crippen molar-refractivity contribution < 1.29 is 14.2 Å². The molecule has 0 aliphatic rings. The molecule has 2 heterocycles. The van der Waals surface area contributed by atoms with Gasteiger partial charge in [0.1, 0.15) is 0 Å². The Balaban J connectivity index is 1.65. The number of aryl methyl sites for hydroxylation is 1. The van der Waals surface area contributed by atoms with Crippen molar-refractivity contribution >= 4 is 23.5 Å². The van der Waals surface area contributed by atoms with Gasteiger partial charge in [0.2, 0.25) is 23.5 Å². The van der Waals surface area contributed by atoms with E-state index in [9.17, 15) is 9.59 Å². The van der Waals surface area contributed by atoms with Crippen LogP contribution in [0.15, 0.2) is 28.9 Å². The lowest BCUT2D eigenvalue weighted by atomic mass is 10.1. The zero-order chi connectivity index (χ0) is 17.8. The van der Waals surface area contributed by atoms with Crippen LogP contribution in [0.4, 0.5) is 11.6 Å². The average molecular weight is 342 g/mol. The molecule has 128 valence electrons. The number of benzene rings is 1. The van der Waals surface area contributed by atoms with Gasteiger partial charge in [-0.25, -0.2) is 4.63 Å². The van der Waals surface area contributed by atoms with Crippen molar-refractivity contribution in [3.63, 3.8) is 0 Å². The maximum Gasteiger partial charge on any atom is 0.230 e. The topological polar surface area (TPSA) is 141 Å². The molecule has 11 nitrogen and oxygen atoms in total. The van der Waals surface area contributed by atoms with Gasteiger partial charge in [0.05, 0.1) is 12.1 Å². The molecule has 2 aromatic heterocycles. The zero-order valence-electron chi connectivity index (χ0n) is 13.4. The normalized spacial score (nSPS) is 10.5. The number of hydrogen-bond acceptors (Lipinski definition) is 8. The van der Waals surface area contributed by atoms with Gasteiger partial charge in [-0.2, -0.15) is 4.68 Å². The number of nitrogens with zero attached hydrogens (tertiary/aromatic N) is 6. The summed E-state index contributed by atoms with van der Waals surface area (Å²) in [5.74, 6) is 0.106. The summed E-state index contributed by atoms with van der Waals surface area (Å²) < 4.78 is 6.10. The van der Waals surface area contributed by atoms with Crippen molar-refractivity contribution in [1.82, 2.24) is 30.5 Å².